The maximum absolute atomic E-state index is 11.9. The third kappa shape index (κ3) is 5.80. The summed E-state index contributed by atoms with van der Waals surface area (Å²) in [4.78, 5) is 20.3. The second-order valence-electron chi connectivity index (χ2n) is 6.12. The summed E-state index contributed by atoms with van der Waals surface area (Å²) in [5, 5.41) is 10.4. The van der Waals surface area contributed by atoms with Crippen molar-refractivity contribution < 1.29 is 28.9 Å². The number of ether oxygens (including phenoxy) is 3. The van der Waals surface area contributed by atoms with Gasteiger partial charge >= 0.3 is 11.7 Å². The first kappa shape index (κ1) is 21.4. The van der Waals surface area contributed by atoms with Crippen molar-refractivity contribution in [1.82, 2.24) is 9.97 Å². The van der Waals surface area contributed by atoms with Gasteiger partial charge in [0, 0.05) is 10.9 Å². The fraction of sp³-hybridized carbons (Fsp3) is 0.500. The van der Waals surface area contributed by atoms with Crippen LogP contribution in [-0.4, -0.2) is 41.0 Å². The number of carbonyl (C=O) groups excluding carboxylic acids is 1. The summed E-state index contributed by atoms with van der Waals surface area (Å²) in [6.45, 7) is 7.17. The largest absolute Gasteiger partial charge is 0.489 e. The fourth-order valence-electron chi connectivity index (χ4n) is 2.35. The summed E-state index contributed by atoms with van der Waals surface area (Å²) >= 11 is 0. The molecule has 2 aromatic rings. The van der Waals surface area contributed by atoms with Gasteiger partial charge in [-0.05, 0) is 25.8 Å². The maximum Gasteiger partial charge on any atom is 0.357 e. The van der Waals surface area contributed by atoms with E-state index in [1.165, 1.54) is 18.5 Å². The van der Waals surface area contributed by atoms with Crippen molar-refractivity contribution >= 4 is 5.97 Å². The number of nitrogens with zero attached hydrogens (tertiary/aromatic N) is 3. The van der Waals surface area contributed by atoms with E-state index >= 15 is 0 Å². The highest BCUT2D eigenvalue weighted by Crippen LogP contribution is 2.29. The van der Waals surface area contributed by atoms with E-state index in [2.05, 4.69) is 23.8 Å². The molecular formula is C20H28N3O5+. The standard InChI is InChI=1S/C20H28N3O5/c1-4-7-11-27-17-13-16(23(25)14-18(17)28-12-8-5-2)19-21-10-9-15(22-19)20(24)26-6-3/h9-10,13-14,25H,4-8,11-12H2,1-3H3/q+1. The summed E-state index contributed by atoms with van der Waals surface area (Å²) in [5.41, 5.74) is 0.393. The fourth-order valence-corrected chi connectivity index (χ4v) is 2.35. The predicted octanol–water partition coefficient (Wildman–Crippen LogP) is 3.20. The Balaban J connectivity index is 2.36. The molecule has 1 N–H and O–H groups in total. The molecule has 0 aliphatic rings. The van der Waals surface area contributed by atoms with Crippen molar-refractivity contribution in [3.05, 3.63) is 30.2 Å². The van der Waals surface area contributed by atoms with Crippen LogP contribution in [0.25, 0.3) is 11.5 Å². The molecule has 2 heterocycles. The number of esters is 1. The number of rotatable bonds is 11. The van der Waals surface area contributed by atoms with Crippen molar-refractivity contribution in [3.63, 3.8) is 0 Å². The highest BCUT2D eigenvalue weighted by molar-refractivity contribution is 5.87. The van der Waals surface area contributed by atoms with Crippen molar-refractivity contribution in [1.29, 1.82) is 0 Å². The summed E-state index contributed by atoms with van der Waals surface area (Å²) < 4.78 is 17.4. The van der Waals surface area contributed by atoms with Crippen LogP contribution in [0.1, 0.15) is 56.9 Å². The number of hydrogen-bond donors (Lipinski definition) is 1. The van der Waals surface area contributed by atoms with Gasteiger partial charge in [0.15, 0.2) is 11.4 Å². The lowest BCUT2D eigenvalue weighted by atomic mass is 10.2. The first-order valence-corrected chi connectivity index (χ1v) is 9.65. The Kier molecular flexibility index (Phi) is 8.45. The van der Waals surface area contributed by atoms with Crippen LogP contribution in [0.15, 0.2) is 24.5 Å². The zero-order valence-electron chi connectivity index (χ0n) is 16.7. The number of unbranched alkanes of at least 4 members (excludes halogenated alkanes) is 2. The average Bonchev–Trinajstić information content (AvgIpc) is 2.70. The molecule has 2 rings (SSSR count). The SMILES string of the molecule is CCCCOc1cc(-c2nccc(C(=O)OCC)n2)[n+](O)cc1OCCCC. The Labute approximate surface area is 165 Å². The molecule has 0 aliphatic carbocycles. The number of aromatic nitrogens is 3. The summed E-state index contributed by atoms with van der Waals surface area (Å²) in [5.74, 6) is 0.565. The molecule has 0 fully saturated rings. The Morgan fingerprint density at radius 1 is 1.11 bits per heavy atom. The molecule has 0 bridgehead atoms. The summed E-state index contributed by atoms with van der Waals surface area (Å²) in [7, 11) is 0. The molecule has 28 heavy (non-hydrogen) atoms. The van der Waals surface area contributed by atoms with Crippen LogP contribution in [0.5, 0.6) is 11.5 Å². The Morgan fingerprint density at radius 3 is 2.43 bits per heavy atom. The topological polar surface area (TPSA) is 94.7 Å². The molecule has 0 spiro atoms. The normalized spacial score (nSPS) is 10.5. The van der Waals surface area contributed by atoms with Crippen molar-refractivity contribution in [3.8, 4) is 23.0 Å². The van der Waals surface area contributed by atoms with Crippen molar-refractivity contribution in [2.24, 2.45) is 0 Å². The van der Waals surface area contributed by atoms with Gasteiger partial charge in [0.1, 0.15) is 0 Å². The third-order valence-electron chi connectivity index (χ3n) is 3.88. The van der Waals surface area contributed by atoms with E-state index in [4.69, 9.17) is 14.2 Å². The first-order chi connectivity index (χ1) is 13.6. The summed E-state index contributed by atoms with van der Waals surface area (Å²) in [6, 6.07) is 3.07. The van der Waals surface area contributed by atoms with Gasteiger partial charge in [-0.3, -0.25) is 5.21 Å². The Hall–Kier alpha value is -2.90. The third-order valence-corrected chi connectivity index (χ3v) is 3.88. The zero-order chi connectivity index (χ0) is 20.4. The van der Waals surface area contributed by atoms with Crippen molar-refractivity contribution in [2.75, 3.05) is 19.8 Å². The second-order valence-corrected chi connectivity index (χ2v) is 6.12. The van der Waals surface area contributed by atoms with Crippen LogP contribution < -0.4 is 14.2 Å². The molecule has 0 radical (unpaired) electrons. The van der Waals surface area contributed by atoms with Crippen LogP contribution in [-0.2, 0) is 4.74 Å². The van der Waals surface area contributed by atoms with E-state index in [1.54, 1.807) is 13.0 Å². The first-order valence-electron chi connectivity index (χ1n) is 9.65. The average molecular weight is 390 g/mol. The number of pyridine rings is 1. The summed E-state index contributed by atoms with van der Waals surface area (Å²) in [6.07, 6.45) is 6.65. The second kappa shape index (κ2) is 11.1. The van der Waals surface area contributed by atoms with E-state index in [1.807, 2.05) is 0 Å². The van der Waals surface area contributed by atoms with Crippen LogP contribution in [0.2, 0.25) is 0 Å². The van der Waals surface area contributed by atoms with Crippen LogP contribution in [0.4, 0.5) is 0 Å². The highest BCUT2D eigenvalue weighted by Gasteiger charge is 2.24. The predicted molar refractivity (Wildman–Crippen MR) is 102 cm³/mol. The molecular weight excluding hydrogens is 362 g/mol. The van der Waals surface area contributed by atoms with Gasteiger partial charge in [0.25, 0.3) is 6.20 Å². The maximum atomic E-state index is 11.9. The van der Waals surface area contributed by atoms with E-state index in [0.29, 0.717) is 24.7 Å². The molecule has 0 unspecified atom stereocenters. The Bertz CT molecular complexity index is 782. The molecule has 2 aromatic heterocycles. The van der Waals surface area contributed by atoms with E-state index in [0.717, 1.165) is 30.4 Å². The van der Waals surface area contributed by atoms with Gasteiger partial charge in [-0.1, -0.05) is 26.7 Å². The van der Waals surface area contributed by atoms with Crippen LogP contribution in [0, 0.1) is 0 Å². The molecule has 0 aromatic carbocycles. The van der Waals surface area contributed by atoms with Gasteiger partial charge in [-0.2, -0.15) is 0 Å². The van der Waals surface area contributed by atoms with Gasteiger partial charge in [-0.25, -0.2) is 14.8 Å². The minimum absolute atomic E-state index is 0.114. The minimum atomic E-state index is -0.547. The zero-order valence-corrected chi connectivity index (χ0v) is 16.7. The van der Waals surface area contributed by atoms with Gasteiger partial charge in [-0.15, -0.1) is 0 Å². The van der Waals surface area contributed by atoms with E-state index in [-0.39, 0.29) is 23.8 Å². The molecule has 152 valence electrons. The smallest absolute Gasteiger partial charge is 0.357 e. The molecule has 0 atom stereocenters. The lowest BCUT2D eigenvalue weighted by Gasteiger charge is -2.11. The number of carbonyl (C=O) groups is 1. The lowest BCUT2D eigenvalue weighted by molar-refractivity contribution is -0.896. The molecule has 0 saturated carbocycles. The van der Waals surface area contributed by atoms with Crippen LogP contribution in [0.3, 0.4) is 0 Å². The molecule has 0 amide bonds. The Morgan fingerprint density at radius 2 is 1.79 bits per heavy atom. The van der Waals surface area contributed by atoms with Gasteiger partial charge < -0.3 is 14.2 Å². The quantitative estimate of drug-likeness (QED) is 0.272. The molecule has 8 nitrogen and oxygen atoms in total. The highest BCUT2D eigenvalue weighted by atomic mass is 16.5. The number of hydrogen-bond acceptors (Lipinski definition) is 7. The monoisotopic (exact) mass is 390 g/mol. The van der Waals surface area contributed by atoms with E-state index < -0.39 is 5.97 Å². The minimum Gasteiger partial charge on any atom is -0.489 e. The van der Waals surface area contributed by atoms with Crippen molar-refractivity contribution in [2.45, 2.75) is 46.5 Å². The van der Waals surface area contributed by atoms with Gasteiger partial charge in [0.05, 0.1) is 25.9 Å². The van der Waals surface area contributed by atoms with Gasteiger partial charge in [0.2, 0.25) is 11.6 Å². The molecule has 8 heteroatoms. The molecule has 0 aliphatic heterocycles. The molecule has 0 saturated heterocycles. The van der Waals surface area contributed by atoms with Crippen LogP contribution >= 0.6 is 0 Å². The van der Waals surface area contributed by atoms with E-state index in [9.17, 15) is 10.0 Å². The lowest BCUT2D eigenvalue weighted by Crippen LogP contribution is -2.33.